The standard InChI is InChI=1S/C21H29N5O2/c1-2-16-28-19-7-3-6-18(17-19)20(27)22-10-5-11-25-12-14-26(15-13-25)21-23-8-4-9-24-21/h3-4,6-9,17H,2,5,10-16H2,1H3,(H,22,27). The fourth-order valence-electron chi connectivity index (χ4n) is 3.18. The number of rotatable bonds is 9. The second-order valence-electron chi connectivity index (χ2n) is 6.86. The first-order chi connectivity index (χ1) is 13.8. The summed E-state index contributed by atoms with van der Waals surface area (Å²) < 4.78 is 5.59. The van der Waals surface area contributed by atoms with Gasteiger partial charge in [0.2, 0.25) is 5.95 Å². The lowest BCUT2D eigenvalue weighted by molar-refractivity contribution is 0.0951. The summed E-state index contributed by atoms with van der Waals surface area (Å²) in [5.74, 6) is 1.50. The van der Waals surface area contributed by atoms with Crippen molar-refractivity contribution < 1.29 is 9.53 Å². The molecular formula is C21H29N5O2. The van der Waals surface area contributed by atoms with Gasteiger partial charge >= 0.3 is 0 Å². The number of nitrogens with one attached hydrogen (secondary N) is 1. The fourth-order valence-corrected chi connectivity index (χ4v) is 3.18. The van der Waals surface area contributed by atoms with Crippen molar-refractivity contribution >= 4 is 11.9 Å². The Kier molecular flexibility index (Phi) is 7.61. The SMILES string of the molecule is CCCOc1cccc(C(=O)NCCCN2CCN(c3ncccn3)CC2)c1. The van der Waals surface area contributed by atoms with Crippen molar-refractivity contribution in [2.75, 3.05) is 50.8 Å². The average Bonchev–Trinajstić information content (AvgIpc) is 2.76. The van der Waals surface area contributed by atoms with Crippen LogP contribution in [0.15, 0.2) is 42.7 Å². The summed E-state index contributed by atoms with van der Waals surface area (Å²) in [6, 6.07) is 9.19. The molecule has 0 atom stereocenters. The van der Waals surface area contributed by atoms with E-state index in [4.69, 9.17) is 4.74 Å². The van der Waals surface area contributed by atoms with Gasteiger partial charge in [-0.1, -0.05) is 13.0 Å². The molecule has 7 heteroatoms. The average molecular weight is 383 g/mol. The van der Waals surface area contributed by atoms with Crippen molar-refractivity contribution in [2.24, 2.45) is 0 Å². The van der Waals surface area contributed by atoms with Gasteiger partial charge in [-0.3, -0.25) is 9.69 Å². The van der Waals surface area contributed by atoms with Gasteiger partial charge in [0.15, 0.2) is 0 Å². The van der Waals surface area contributed by atoms with E-state index in [1.807, 2.05) is 24.3 Å². The molecule has 2 aromatic rings. The highest BCUT2D eigenvalue weighted by atomic mass is 16.5. The molecule has 3 rings (SSSR count). The van der Waals surface area contributed by atoms with Gasteiger partial charge in [0, 0.05) is 50.7 Å². The lowest BCUT2D eigenvalue weighted by atomic mass is 10.2. The Balaban J connectivity index is 1.34. The normalized spacial score (nSPS) is 14.7. The van der Waals surface area contributed by atoms with Crippen LogP contribution in [-0.4, -0.2) is 66.7 Å². The number of ether oxygens (including phenoxy) is 1. The second-order valence-corrected chi connectivity index (χ2v) is 6.86. The van der Waals surface area contributed by atoms with Crippen LogP contribution in [-0.2, 0) is 0 Å². The van der Waals surface area contributed by atoms with E-state index in [1.165, 1.54) is 0 Å². The van der Waals surface area contributed by atoms with Crippen molar-refractivity contribution in [3.63, 3.8) is 0 Å². The van der Waals surface area contributed by atoms with Gasteiger partial charge in [0.05, 0.1) is 6.61 Å². The molecule has 28 heavy (non-hydrogen) atoms. The van der Waals surface area contributed by atoms with Crippen LogP contribution >= 0.6 is 0 Å². The van der Waals surface area contributed by atoms with Crippen molar-refractivity contribution in [3.05, 3.63) is 48.3 Å². The molecule has 0 spiro atoms. The molecule has 1 amide bonds. The molecule has 1 saturated heterocycles. The van der Waals surface area contributed by atoms with E-state index in [9.17, 15) is 4.79 Å². The maximum Gasteiger partial charge on any atom is 0.251 e. The van der Waals surface area contributed by atoms with E-state index in [-0.39, 0.29) is 5.91 Å². The maximum atomic E-state index is 12.3. The second kappa shape index (κ2) is 10.6. The van der Waals surface area contributed by atoms with E-state index in [0.29, 0.717) is 18.7 Å². The van der Waals surface area contributed by atoms with Gasteiger partial charge in [0.1, 0.15) is 5.75 Å². The Labute approximate surface area is 166 Å². The Morgan fingerprint density at radius 1 is 1.14 bits per heavy atom. The first kappa shape index (κ1) is 20.1. The van der Waals surface area contributed by atoms with Gasteiger partial charge in [-0.05, 0) is 43.7 Å². The number of hydrogen-bond acceptors (Lipinski definition) is 6. The molecule has 1 aliphatic heterocycles. The third-order valence-electron chi connectivity index (χ3n) is 4.71. The molecule has 1 N–H and O–H groups in total. The van der Waals surface area contributed by atoms with Gasteiger partial charge in [-0.2, -0.15) is 0 Å². The molecular weight excluding hydrogens is 354 g/mol. The van der Waals surface area contributed by atoms with Crippen molar-refractivity contribution in [1.82, 2.24) is 20.2 Å². The molecule has 0 radical (unpaired) electrons. The molecule has 0 saturated carbocycles. The van der Waals surface area contributed by atoms with Gasteiger partial charge in [0.25, 0.3) is 5.91 Å². The summed E-state index contributed by atoms with van der Waals surface area (Å²) in [6.45, 7) is 8.21. The molecule has 1 aromatic carbocycles. The molecule has 1 aliphatic rings. The number of benzene rings is 1. The number of hydrogen-bond donors (Lipinski definition) is 1. The first-order valence-corrected chi connectivity index (χ1v) is 10.0. The van der Waals surface area contributed by atoms with Crippen molar-refractivity contribution in [2.45, 2.75) is 19.8 Å². The maximum absolute atomic E-state index is 12.3. The van der Waals surface area contributed by atoms with Gasteiger partial charge < -0.3 is 15.0 Å². The largest absolute Gasteiger partial charge is 0.494 e. The number of carbonyl (C=O) groups excluding carboxylic acids is 1. The number of nitrogens with zero attached hydrogens (tertiary/aromatic N) is 4. The van der Waals surface area contributed by atoms with E-state index in [0.717, 1.165) is 57.3 Å². The third kappa shape index (κ3) is 5.92. The van der Waals surface area contributed by atoms with Crippen molar-refractivity contribution in [3.8, 4) is 5.75 Å². The van der Waals surface area contributed by atoms with Gasteiger partial charge in [-0.25, -0.2) is 9.97 Å². The summed E-state index contributed by atoms with van der Waals surface area (Å²) in [5.41, 5.74) is 0.644. The summed E-state index contributed by atoms with van der Waals surface area (Å²) in [6.07, 6.45) is 5.44. The van der Waals surface area contributed by atoms with E-state index in [1.54, 1.807) is 18.5 Å². The minimum absolute atomic E-state index is 0.0482. The van der Waals surface area contributed by atoms with E-state index in [2.05, 4.69) is 32.0 Å². The van der Waals surface area contributed by atoms with Crippen molar-refractivity contribution in [1.29, 1.82) is 0 Å². The summed E-state index contributed by atoms with van der Waals surface area (Å²) in [5, 5.41) is 3.00. The summed E-state index contributed by atoms with van der Waals surface area (Å²) >= 11 is 0. The minimum atomic E-state index is -0.0482. The number of anilines is 1. The highest BCUT2D eigenvalue weighted by Gasteiger charge is 2.18. The fraction of sp³-hybridized carbons (Fsp3) is 0.476. The number of piperazine rings is 1. The number of amides is 1. The van der Waals surface area contributed by atoms with Crippen LogP contribution in [0.2, 0.25) is 0 Å². The predicted molar refractivity (Wildman–Crippen MR) is 110 cm³/mol. The van der Waals surface area contributed by atoms with Crippen LogP contribution in [0.1, 0.15) is 30.1 Å². The topological polar surface area (TPSA) is 70.6 Å². The van der Waals surface area contributed by atoms with Gasteiger partial charge in [-0.15, -0.1) is 0 Å². The summed E-state index contributed by atoms with van der Waals surface area (Å²) in [4.78, 5) is 25.6. The van der Waals surface area contributed by atoms with Crippen LogP contribution in [0.3, 0.4) is 0 Å². The predicted octanol–water partition coefficient (Wildman–Crippen LogP) is 2.21. The zero-order valence-electron chi connectivity index (χ0n) is 16.5. The van der Waals surface area contributed by atoms with Crippen LogP contribution in [0, 0.1) is 0 Å². The third-order valence-corrected chi connectivity index (χ3v) is 4.71. The number of aromatic nitrogens is 2. The molecule has 150 valence electrons. The molecule has 2 heterocycles. The van der Waals surface area contributed by atoms with E-state index >= 15 is 0 Å². The highest BCUT2D eigenvalue weighted by Crippen LogP contribution is 2.14. The Hall–Kier alpha value is -2.67. The minimum Gasteiger partial charge on any atom is -0.494 e. The molecule has 7 nitrogen and oxygen atoms in total. The highest BCUT2D eigenvalue weighted by molar-refractivity contribution is 5.94. The monoisotopic (exact) mass is 383 g/mol. The van der Waals surface area contributed by atoms with Crippen LogP contribution in [0.5, 0.6) is 5.75 Å². The Morgan fingerprint density at radius 3 is 2.68 bits per heavy atom. The van der Waals surface area contributed by atoms with Crippen LogP contribution < -0.4 is 15.0 Å². The Morgan fingerprint density at radius 2 is 1.93 bits per heavy atom. The van der Waals surface area contributed by atoms with E-state index < -0.39 is 0 Å². The molecule has 1 aromatic heterocycles. The Bertz CT molecular complexity index is 733. The number of carbonyl (C=O) groups is 1. The molecule has 0 bridgehead atoms. The zero-order chi connectivity index (χ0) is 19.6. The van der Waals surface area contributed by atoms with Crippen LogP contribution in [0.25, 0.3) is 0 Å². The quantitative estimate of drug-likeness (QED) is 0.670. The lowest BCUT2D eigenvalue weighted by Crippen LogP contribution is -2.47. The smallest absolute Gasteiger partial charge is 0.251 e. The zero-order valence-corrected chi connectivity index (χ0v) is 16.5. The van der Waals surface area contributed by atoms with Crippen LogP contribution in [0.4, 0.5) is 5.95 Å². The summed E-state index contributed by atoms with van der Waals surface area (Å²) in [7, 11) is 0. The lowest BCUT2D eigenvalue weighted by Gasteiger charge is -2.34. The molecule has 1 fully saturated rings. The molecule has 0 aliphatic carbocycles. The molecule has 0 unspecified atom stereocenters. The first-order valence-electron chi connectivity index (χ1n) is 10.0.